The van der Waals surface area contributed by atoms with Gasteiger partial charge in [0.15, 0.2) is 0 Å². The van der Waals surface area contributed by atoms with Crippen molar-refractivity contribution < 1.29 is 4.79 Å². The van der Waals surface area contributed by atoms with Gasteiger partial charge in [-0.15, -0.1) is 0 Å². The minimum Gasteiger partial charge on any atom is -0.296 e. The molecule has 3 rings (SSSR count). The normalized spacial score (nSPS) is 15.9. The first-order chi connectivity index (χ1) is 13.1. The number of amides is 1. The maximum absolute atomic E-state index is 12.1. The summed E-state index contributed by atoms with van der Waals surface area (Å²) >= 11 is 9.69. The van der Waals surface area contributed by atoms with Gasteiger partial charge in [0, 0.05) is 47.8 Å². The van der Waals surface area contributed by atoms with Crippen LogP contribution in [0.4, 0.5) is 0 Å². The zero-order valence-corrected chi connectivity index (χ0v) is 17.3. The summed E-state index contributed by atoms with van der Waals surface area (Å²) in [6, 6.07) is 15.7. The van der Waals surface area contributed by atoms with E-state index < -0.39 is 0 Å². The SMILES string of the molecule is O=C(CN1CCN(Cc2ccccc2Cl)CC1)N/N=C/c1ccccc1Br. The standard InChI is InChI=1S/C20H22BrClN4O/c21-18-7-3-1-5-16(18)13-23-24-20(27)15-26-11-9-25(10-12-26)14-17-6-2-4-8-19(17)22/h1-8,13H,9-12,14-15H2,(H,24,27)/b23-13+. The molecule has 2 aromatic rings. The van der Waals surface area contributed by atoms with Crippen molar-refractivity contribution >= 4 is 39.7 Å². The number of piperazine rings is 1. The van der Waals surface area contributed by atoms with Gasteiger partial charge < -0.3 is 0 Å². The van der Waals surface area contributed by atoms with Crippen LogP contribution in [0.1, 0.15) is 11.1 Å². The number of hydrogen-bond acceptors (Lipinski definition) is 4. The van der Waals surface area contributed by atoms with Crippen molar-refractivity contribution in [2.45, 2.75) is 6.54 Å². The highest BCUT2D eigenvalue weighted by atomic mass is 79.9. The summed E-state index contributed by atoms with van der Waals surface area (Å²) in [4.78, 5) is 16.6. The zero-order chi connectivity index (χ0) is 19.1. The lowest BCUT2D eigenvalue weighted by molar-refractivity contribution is -0.122. The summed E-state index contributed by atoms with van der Waals surface area (Å²) in [6.45, 7) is 4.73. The van der Waals surface area contributed by atoms with Gasteiger partial charge in [0.25, 0.3) is 5.91 Å². The molecule has 0 aromatic heterocycles. The molecular formula is C20H22BrClN4O. The monoisotopic (exact) mass is 448 g/mol. The number of carbonyl (C=O) groups is 1. The summed E-state index contributed by atoms with van der Waals surface area (Å²) in [5.41, 5.74) is 4.67. The Morgan fingerprint density at radius 3 is 2.48 bits per heavy atom. The lowest BCUT2D eigenvalue weighted by Crippen LogP contribution is -2.48. The molecule has 1 fully saturated rings. The van der Waals surface area contributed by atoms with E-state index in [4.69, 9.17) is 11.6 Å². The Balaban J connectivity index is 1.40. The first-order valence-corrected chi connectivity index (χ1v) is 10.0. The Morgan fingerprint density at radius 1 is 1.07 bits per heavy atom. The molecule has 27 heavy (non-hydrogen) atoms. The Bertz CT molecular complexity index is 806. The van der Waals surface area contributed by atoms with E-state index in [-0.39, 0.29) is 5.91 Å². The molecule has 5 nitrogen and oxygen atoms in total. The van der Waals surface area contributed by atoms with Crippen LogP contribution >= 0.6 is 27.5 Å². The minimum absolute atomic E-state index is 0.0992. The van der Waals surface area contributed by atoms with E-state index in [2.05, 4.69) is 42.3 Å². The zero-order valence-electron chi connectivity index (χ0n) is 14.9. The molecule has 0 bridgehead atoms. The van der Waals surface area contributed by atoms with E-state index in [0.29, 0.717) is 6.54 Å². The molecule has 0 aliphatic carbocycles. The second-order valence-corrected chi connectivity index (χ2v) is 7.72. The molecule has 7 heteroatoms. The molecule has 0 saturated carbocycles. The third-order valence-corrected chi connectivity index (χ3v) is 5.57. The van der Waals surface area contributed by atoms with E-state index in [0.717, 1.165) is 53.3 Å². The number of benzene rings is 2. The summed E-state index contributed by atoms with van der Waals surface area (Å²) in [5, 5.41) is 4.85. The van der Waals surface area contributed by atoms with Crippen LogP contribution in [0.3, 0.4) is 0 Å². The van der Waals surface area contributed by atoms with Crippen LogP contribution in [0.2, 0.25) is 5.02 Å². The number of carbonyl (C=O) groups excluding carboxylic acids is 1. The fourth-order valence-electron chi connectivity index (χ4n) is 2.97. The van der Waals surface area contributed by atoms with Crippen LogP contribution in [-0.2, 0) is 11.3 Å². The molecule has 1 heterocycles. The van der Waals surface area contributed by atoms with Crippen molar-refractivity contribution in [2.75, 3.05) is 32.7 Å². The van der Waals surface area contributed by atoms with Crippen LogP contribution < -0.4 is 5.43 Å². The molecule has 1 amide bonds. The molecule has 142 valence electrons. The Kier molecular flexibility index (Phi) is 7.41. The summed E-state index contributed by atoms with van der Waals surface area (Å²) < 4.78 is 0.942. The lowest BCUT2D eigenvalue weighted by atomic mass is 10.2. The highest BCUT2D eigenvalue weighted by molar-refractivity contribution is 9.10. The quantitative estimate of drug-likeness (QED) is 0.543. The third kappa shape index (κ3) is 6.14. The molecule has 2 aromatic carbocycles. The van der Waals surface area contributed by atoms with E-state index in [1.54, 1.807) is 6.21 Å². The Hall–Kier alpha value is -1.73. The van der Waals surface area contributed by atoms with Gasteiger partial charge in [-0.3, -0.25) is 14.6 Å². The molecule has 0 atom stereocenters. The first-order valence-electron chi connectivity index (χ1n) is 8.86. The fourth-order valence-corrected chi connectivity index (χ4v) is 3.55. The lowest BCUT2D eigenvalue weighted by Gasteiger charge is -2.34. The predicted octanol–water partition coefficient (Wildman–Crippen LogP) is 3.37. The molecule has 1 N–H and O–H groups in total. The van der Waals surface area contributed by atoms with Gasteiger partial charge in [0.2, 0.25) is 0 Å². The van der Waals surface area contributed by atoms with Crippen molar-refractivity contribution in [2.24, 2.45) is 5.10 Å². The second-order valence-electron chi connectivity index (χ2n) is 6.46. The highest BCUT2D eigenvalue weighted by Gasteiger charge is 2.19. The van der Waals surface area contributed by atoms with E-state index in [9.17, 15) is 4.79 Å². The van der Waals surface area contributed by atoms with Gasteiger partial charge in [-0.25, -0.2) is 5.43 Å². The summed E-state index contributed by atoms with van der Waals surface area (Å²) in [6.07, 6.45) is 1.64. The maximum atomic E-state index is 12.1. The van der Waals surface area contributed by atoms with Crippen molar-refractivity contribution in [3.05, 3.63) is 69.2 Å². The number of rotatable bonds is 6. The van der Waals surface area contributed by atoms with Crippen LogP contribution in [0.25, 0.3) is 0 Å². The van der Waals surface area contributed by atoms with Gasteiger partial charge in [0.1, 0.15) is 0 Å². The van der Waals surface area contributed by atoms with Crippen molar-refractivity contribution in [1.82, 2.24) is 15.2 Å². The third-order valence-electron chi connectivity index (χ3n) is 4.48. The topological polar surface area (TPSA) is 47.9 Å². The summed E-state index contributed by atoms with van der Waals surface area (Å²) in [5.74, 6) is -0.0992. The predicted molar refractivity (Wildman–Crippen MR) is 113 cm³/mol. The van der Waals surface area contributed by atoms with Crippen LogP contribution in [0.15, 0.2) is 58.1 Å². The van der Waals surface area contributed by atoms with Crippen LogP contribution in [0.5, 0.6) is 0 Å². The van der Waals surface area contributed by atoms with Crippen LogP contribution in [0, 0.1) is 0 Å². The van der Waals surface area contributed by atoms with Crippen molar-refractivity contribution in [3.63, 3.8) is 0 Å². The minimum atomic E-state index is -0.0992. The fraction of sp³-hybridized carbons (Fsp3) is 0.300. The average Bonchev–Trinajstić information content (AvgIpc) is 2.67. The molecule has 1 aliphatic heterocycles. The first kappa shape index (κ1) is 20.0. The molecule has 1 saturated heterocycles. The maximum Gasteiger partial charge on any atom is 0.254 e. The smallest absolute Gasteiger partial charge is 0.254 e. The molecule has 0 radical (unpaired) electrons. The molecule has 1 aliphatic rings. The van der Waals surface area contributed by atoms with Gasteiger partial charge in [-0.2, -0.15) is 5.10 Å². The summed E-state index contributed by atoms with van der Waals surface area (Å²) in [7, 11) is 0. The molecule has 0 spiro atoms. The number of nitrogens with one attached hydrogen (secondary N) is 1. The van der Waals surface area contributed by atoms with E-state index in [1.807, 2.05) is 42.5 Å². The molecular weight excluding hydrogens is 428 g/mol. The van der Waals surface area contributed by atoms with Crippen molar-refractivity contribution in [3.8, 4) is 0 Å². The largest absolute Gasteiger partial charge is 0.296 e. The van der Waals surface area contributed by atoms with Gasteiger partial charge in [0.05, 0.1) is 12.8 Å². The van der Waals surface area contributed by atoms with Gasteiger partial charge in [-0.1, -0.05) is 63.9 Å². The van der Waals surface area contributed by atoms with Gasteiger partial charge in [-0.05, 0) is 17.7 Å². The number of halogens is 2. The number of hydrogen-bond donors (Lipinski definition) is 1. The van der Waals surface area contributed by atoms with Crippen LogP contribution in [-0.4, -0.2) is 54.6 Å². The number of nitrogens with zero attached hydrogens (tertiary/aromatic N) is 3. The van der Waals surface area contributed by atoms with E-state index in [1.165, 1.54) is 0 Å². The molecule has 0 unspecified atom stereocenters. The average molecular weight is 450 g/mol. The van der Waals surface area contributed by atoms with E-state index >= 15 is 0 Å². The number of hydrazone groups is 1. The van der Waals surface area contributed by atoms with Gasteiger partial charge >= 0.3 is 0 Å². The Morgan fingerprint density at radius 2 is 1.74 bits per heavy atom. The highest BCUT2D eigenvalue weighted by Crippen LogP contribution is 2.18. The second kappa shape index (κ2) is 9.99. The van der Waals surface area contributed by atoms with Crippen molar-refractivity contribution in [1.29, 1.82) is 0 Å². The Labute approximate surface area is 173 Å².